The van der Waals surface area contributed by atoms with Gasteiger partial charge in [-0.3, -0.25) is 4.79 Å². The minimum absolute atomic E-state index is 0.297. The van der Waals surface area contributed by atoms with Gasteiger partial charge in [0, 0.05) is 23.9 Å². The minimum Gasteiger partial charge on any atom is -0.361 e. The number of Topliss-reactive ketones (excluding diaryl/α,β-unsaturated/α-hetero) is 1. The molecule has 0 amide bonds. The fourth-order valence-corrected chi connectivity index (χ4v) is 1.87. The Morgan fingerprint density at radius 1 is 1.12 bits per heavy atom. The molecule has 0 atom stereocenters. The first kappa shape index (κ1) is 10.9. The third kappa shape index (κ3) is 2.72. The Hall–Kier alpha value is -1.57. The monoisotopic (exact) mass is 215 g/mol. The average Bonchev–Trinajstić information content (AvgIpc) is 2.30. The number of aryl methyl sites for hydroxylation is 1. The summed E-state index contributed by atoms with van der Waals surface area (Å²) in [7, 11) is 0. The van der Waals surface area contributed by atoms with Crippen LogP contribution in [0.1, 0.15) is 31.2 Å². The van der Waals surface area contributed by atoms with E-state index in [1.54, 1.807) is 0 Å². The number of allylic oxidation sites excluding steroid dienone is 1. The SMILES string of the molecule is Cc1ccc(NC=C2CCCCC2=O)cc1. The van der Waals surface area contributed by atoms with E-state index in [-0.39, 0.29) is 0 Å². The van der Waals surface area contributed by atoms with Gasteiger partial charge in [0.1, 0.15) is 0 Å². The molecule has 1 fully saturated rings. The Labute approximate surface area is 96.4 Å². The maximum atomic E-state index is 11.6. The molecule has 1 aliphatic rings. The second-order valence-electron chi connectivity index (χ2n) is 4.31. The van der Waals surface area contributed by atoms with E-state index in [4.69, 9.17) is 0 Å². The van der Waals surface area contributed by atoms with Gasteiger partial charge in [-0.1, -0.05) is 17.7 Å². The number of rotatable bonds is 2. The molecule has 0 saturated heterocycles. The fraction of sp³-hybridized carbons (Fsp3) is 0.357. The predicted molar refractivity (Wildman–Crippen MR) is 66.4 cm³/mol. The average molecular weight is 215 g/mol. The van der Waals surface area contributed by atoms with Crippen molar-refractivity contribution in [3.8, 4) is 0 Å². The lowest BCUT2D eigenvalue weighted by Gasteiger charge is -2.12. The van der Waals surface area contributed by atoms with Gasteiger partial charge in [0.25, 0.3) is 0 Å². The number of carbonyl (C=O) groups is 1. The second-order valence-corrected chi connectivity index (χ2v) is 4.31. The van der Waals surface area contributed by atoms with Crippen LogP contribution in [0, 0.1) is 6.92 Å². The molecule has 2 heteroatoms. The van der Waals surface area contributed by atoms with Crippen molar-refractivity contribution < 1.29 is 4.79 Å². The van der Waals surface area contributed by atoms with Crippen LogP contribution in [-0.2, 0) is 4.79 Å². The summed E-state index contributed by atoms with van der Waals surface area (Å²) < 4.78 is 0. The number of nitrogens with one attached hydrogen (secondary N) is 1. The minimum atomic E-state index is 0.297. The molecule has 0 unspecified atom stereocenters. The Kier molecular flexibility index (Phi) is 3.40. The van der Waals surface area contributed by atoms with Crippen LogP contribution in [0.5, 0.6) is 0 Å². The van der Waals surface area contributed by atoms with Crippen LogP contribution in [0.2, 0.25) is 0 Å². The van der Waals surface area contributed by atoms with Gasteiger partial charge in [0.15, 0.2) is 5.78 Å². The maximum Gasteiger partial charge on any atom is 0.160 e. The number of hydrogen-bond donors (Lipinski definition) is 1. The summed E-state index contributed by atoms with van der Waals surface area (Å²) >= 11 is 0. The summed E-state index contributed by atoms with van der Waals surface area (Å²) in [4.78, 5) is 11.6. The molecule has 1 aliphatic carbocycles. The Balaban J connectivity index is 2.02. The van der Waals surface area contributed by atoms with Crippen molar-refractivity contribution in [2.75, 3.05) is 5.32 Å². The van der Waals surface area contributed by atoms with Gasteiger partial charge in [-0.05, 0) is 38.3 Å². The fourth-order valence-electron chi connectivity index (χ4n) is 1.87. The lowest BCUT2D eigenvalue weighted by molar-refractivity contribution is -0.116. The van der Waals surface area contributed by atoms with Crippen molar-refractivity contribution in [1.82, 2.24) is 0 Å². The Morgan fingerprint density at radius 3 is 2.50 bits per heavy atom. The van der Waals surface area contributed by atoms with Crippen molar-refractivity contribution in [3.05, 3.63) is 41.6 Å². The van der Waals surface area contributed by atoms with Crippen molar-refractivity contribution >= 4 is 11.5 Å². The molecule has 1 aromatic rings. The largest absolute Gasteiger partial charge is 0.361 e. The number of hydrogen-bond acceptors (Lipinski definition) is 2. The van der Waals surface area contributed by atoms with E-state index in [2.05, 4.69) is 24.4 Å². The van der Waals surface area contributed by atoms with Crippen LogP contribution >= 0.6 is 0 Å². The van der Waals surface area contributed by atoms with Crippen LogP contribution in [0.4, 0.5) is 5.69 Å². The van der Waals surface area contributed by atoms with Gasteiger partial charge < -0.3 is 5.32 Å². The first-order valence-electron chi connectivity index (χ1n) is 5.81. The predicted octanol–water partition coefficient (Wildman–Crippen LogP) is 3.43. The van der Waals surface area contributed by atoms with Gasteiger partial charge in [0.2, 0.25) is 0 Å². The highest BCUT2D eigenvalue weighted by molar-refractivity contribution is 5.96. The van der Waals surface area contributed by atoms with Crippen molar-refractivity contribution in [2.24, 2.45) is 0 Å². The molecule has 84 valence electrons. The number of anilines is 1. The van der Waals surface area contributed by atoms with Crippen LogP contribution < -0.4 is 5.32 Å². The van der Waals surface area contributed by atoms with Gasteiger partial charge in [-0.2, -0.15) is 0 Å². The second kappa shape index (κ2) is 4.97. The smallest absolute Gasteiger partial charge is 0.160 e. The maximum absolute atomic E-state index is 11.6. The van der Waals surface area contributed by atoms with Crippen molar-refractivity contribution in [3.63, 3.8) is 0 Å². The molecule has 0 radical (unpaired) electrons. The van der Waals surface area contributed by atoms with Gasteiger partial charge in [-0.15, -0.1) is 0 Å². The van der Waals surface area contributed by atoms with Crippen LogP contribution in [0.15, 0.2) is 36.0 Å². The zero-order valence-electron chi connectivity index (χ0n) is 9.62. The molecule has 2 rings (SSSR count). The molecule has 0 aromatic heterocycles. The number of benzene rings is 1. The Morgan fingerprint density at radius 2 is 1.81 bits per heavy atom. The molecule has 2 nitrogen and oxygen atoms in total. The van der Waals surface area contributed by atoms with Gasteiger partial charge in [-0.25, -0.2) is 0 Å². The van der Waals surface area contributed by atoms with Crippen LogP contribution in [-0.4, -0.2) is 5.78 Å². The summed E-state index contributed by atoms with van der Waals surface area (Å²) in [6.45, 7) is 2.06. The molecule has 1 aromatic carbocycles. The normalized spacial score (nSPS) is 18.8. The van der Waals surface area contributed by atoms with Crippen LogP contribution in [0.3, 0.4) is 0 Å². The molecular weight excluding hydrogens is 198 g/mol. The summed E-state index contributed by atoms with van der Waals surface area (Å²) in [6, 6.07) is 8.17. The molecule has 0 heterocycles. The van der Waals surface area contributed by atoms with E-state index in [0.717, 1.165) is 30.5 Å². The molecular formula is C14H17NO. The van der Waals surface area contributed by atoms with Gasteiger partial charge >= 0.3 is 0 Å². The summed E-state index contributed by atoms with van der Waals surface area (Å²) in [5.74, 6) is 0.297. The molecule has 1 N–H and O–H groups in total. The van der Waals surface area contributed by atoms with E-state index in [0.29, 0.717) is 12.2 Å². The molecule has 0 bridgehead atoms. The molecule has 0 aliphatic heterocycles. The zero-order valence-corrected chi connectivity index (χ0v) is 9.62. The zero-order chi connectivity index (χ0) is 11.4. The summed E-state index contributed by atoms with van der Waals surface area (Å²) in [5.41, 5.74) is 3.22. The lowest BCUT2D eigenvalue weighted by Crippen LogP contribution is -2.09. The summed E-state index contributed by atoms with van der Waals surface area (Å²) in [6.07, 6.45) is 5.67. The summed E-state index contributed by atoms with van der Waals surface area (Å²) in [5, 5.41) is 3.19. The molecule has 0 spiro atoms. The van der Waals surface area contributed by atoms with Crippen LogP contribution in [0.25, 0.3) is 0 Å². The topological polar surface area (TPSA) is 29.1 Å². The van der Waals surface area contributed by atoms with E-state index < -0.39 is 0 Å². The number of carbonyl (C=O) groups excluding carboxylic acids is 1. The van der Waals surface area contributed by atoms with E-state index in [9.17, 15) is 4.79 Å². The first-order chi connectivity index (χ1) is 7.75. The number of ketones is 1. The van der Waals surface area contributed by atoms with Crippen molar-refractivity contribution in [2.45, 2.75) is 32.6 Å². The standard InChI is InChI=1S/C14H17NO/c1-11-6-8-13(9-7-11)15-10-12-4-2-3-5-14(12)16/h6-10,15H,2-5H2,1H3. The van der Waals surface area contributed by atoms with E-state index in [1.165, 1.54) is 5.56 Å². The quantitative estimate of drug-likeness (QED) is 0.766. The lowest BCUT2D eigenvalue weighted by atomic mass is 9.94. The highest BCUT2D eigenvalue weighted by Crippen LogP contribution is 2.20. The Bertz CT molecular complexity index is 403. The molecule has 16 heavy (non-hydrogen) atoms. The highest BCUT2D eigenvalue weighted by atomic mass is 16.1. The van der Waals surface area contributed by atoms with E-state index >= 15 is 0 Å². The third-order valence-electron chi connectivity index (χ3n) is 2.92. The van der Waals surface area contributed by atoms with E-state index in [1.807, 2.05) is 18.3 Å². The third-order valence-corrected chi connectivity index (χ3v) is 2.92. The van der Waals surface area contributed by atoms with Crippen molar-refractivity contribution in [1.29, 1.82) is 0 Å². The van der Waals surface area contributed by atoms with Gasteiger partial charge in [0.05, 0.1) is 0 Å². The molecule has 1 saturated carbocycles. The first-order valence-corrected chi connectivity index (χ1v) is 5.81. The highest BCUT2D eigenvalue weighted by Gasteiger charge is 2.14.